The fraction of sp³-hybridized carbons (Fsp3) is 0.425. The SMILES string of the molecule is CCCCCCCCCCCCCCOc1ccccc1NS(=O)(=O)c1ccc(Cl)c(NC(=O)C(C(=O)c2noc3ccccc23)N2C(=O)OC(C)C2=O)c1. The maximum absolute atomic E-state index is 13.9. The number of fused-ring (bicyclic) bond motifs is 1. The molecule has 294 valence electrons. The lowest BCUT2D eigenvalue weighted by Crippen LogP contribution is -2.52. The lowest BCUT2D eigenvalue weighted by molar-refractivity contribution is -0.133. The summed E-state index contributed by atoms with van der Waals surface area (Å²) in [5.74, 6) is -2.78. The molecule has 1 aromatic heterocycles. The Hall–Kier alpha value is -4.95. The molecule has 0 radical (unpaired) electrons. The highest BCUT2D eigenvalue weighted by Gasteiger charge is 2.49. The molecule has 3 amide bonds. The first kappa shape index (κ1) is 41.2. The first-order valence-electron chi connectivity index (χ1n) is 18.8. The minimum Gasteiger partial charge on any atom is -0.491 e. The zero-order chi connectivity index (χ0) is 39.4. The first-order valence-corrected chi connectivity index (χ1v) is 20.6. The largest absolute Gasteiger partial charge is 0.491 e. The third-order valence-corrected chi connectivity index (χ3v) is 11.0. The van der Waals surface area contributed by atoms with E-state index in [0.717, 1.165) is 25.3 Å². The third kappa shape index (κ3) is 10.6. The summed E-state index contributed by atoms with van der Waals surface area (Å²) >= 11 is 6.39. The number of ketones is 1. The number of benzene rings is 3. The van der Waals surface area contributed by atoms with Crippen LogP contribution in [0.2, 0.25) is 5.02 Å². The lowest BCUT2D eigenvalue weighted by atomic mass is 10.0. The van der Waals surface area contributed by atoms with Crippen molar-refractivity contribution < 1.29 is 41.6 Å². The van der Waals surface area contributed by atoms with E-state index < -0.39 is 45.9 Å². The van der Waals surface area contributed by atoms with Crippen LogP contribution in [0.5, 0.6) is 5.75 Å². The Labute approximate surface area is 326 Å². The average Bonchev–Trinajstić information content (AvgIpc) is 3.71. The second kappa shape index (κ2) is 19.6. The molecule has 0 aliphatic carbocycles. The minimum absolute atomic E-state index is 0.0831. The fourth-order valence-electron chi connectivity index (χ4n) is 6.30. The van der Waals surface area contributed by atoms with Gasteiger partial charge in [-0.15, -0.1) is 0 Å². The van der Waals surface area contributed by atoms with E-state index in [2.05, 4.69) is 22.1 Å². The summed E-state index contributed by atoms with van der Waals surface area (Å²) in [6.07, 6.45) is 12.1. The number of para-hydroxylation sites is 3. The Balaban J connectivity index is 1.22. The number of unbranched alkanes of at least 4 members (excludes halogenated alkanes) is 11. The number of nitrogens with zero attached hydrogens (tertiary/aromatic N) is 2. The van der Waals surface area contributed by atoms with Gasteiger partial charge in [0.15, 0.2) is 23.4 Å². The van der Waals surface area contributed by atoms with E-state index in [9.17, 15) is 27.6 Å². The van der Waals surface area contributed by atoms with Gasteiger partial charge in [0.2, 0.25) is 5.78 Å². The molecule has 1 aliphatic rings. The molecule has 0 spiro atoms. The quantitative estimate of drug-likeness (QED) is 0.0444. The van der Waals surface area contributed by atoms with Gasteiger partial charge in [0.25, 0.3) is 21.8 Å². The number of carbonyl (C=O) groups is 4. The van der Waals surface area contributed by atoms with Crippen molar-refractivity contribution in [2.24, 2.45) is 0 Å². The summed E-state index contributed by atoms with van der Waals surface area (Å²) in [4.78, 5) is 53.6. The molecule has 1 aliphatic heterocycles. The first-order chi connectivity index (χ1) is 26.5. The molecule has 1 saturated heterocycles. The molecular weight excluding hydrogens is 748 g/mol. The Kier molecular flexibility index (Phi) is 14.7. The standard InChI is InChI=1S/C40H47ClN4O9S/c1-3-4-5-6-7-8-9-10-11-12-13-18-25-52-34-22-17-15-20-31(34)44-55(50,51)28-23-24-30(41)32(26-28)42-38(47)36(45-39(48)27(2)53-40(45)49)37(46)35-29-19-14-16-21-33(29)54-43-35/h14-17,19-24,26-27,36,44H,3-13,18,25H2,1-2H3,(H,42,47). The van der Waals surface area contributed by atoms with Crippen LogP contribution in [0.15, 0.2) is 76.1 Å². The zero-order valence-electron chi connectivity index (χ0n) is 31.1. The summed E-state index contributed by atoms with van der Waals surface area (Å²) < 4.78 is 46.0. The van der Waals surface area contributed by atoms with Crippen LogP contribution in [0, 0.1) is 0 Å². The summed E-state index contributed by atoms with van der Waals surface area (Å²) in [5, 5.41) is 6.37. The van der Waals surface area contributed by atoms with Gasteiger partial charge in [0, 0.05) is 0 Å². The van der Waals surface area contributed by atoms with E-state index in [1.165, 1.54) is 82.9 Å². The Morgan fingerprint density at radius 2 is 1.51 bits per heavy atom. The monoisotopic (exact) mass is 794 g/mol. The minimum atomic E-state index is -4.27. The number of ether oxygens (including phenoxy) is 2. The van der Waals surface area contributed by atoms with E-state index in [0.29, 0.717) is 17.3 Å². The van der Waals surface area contributed by atoms with Crippen LogP contribution in [-0.2, 0) is 24.3 Å². The number of rotatable bonds is 22. The van der Waals surface area contributed by atoms with Gasteiger partial charge < -0.3 is 19.3 Å². The van der Waals surface area contributed by atoms with E-state index in [1.807, 2.05) is 0 Å². The number of nitrogens with one attached hydrogen (secondary N) is 2. The lowest BCUT2D eigenvalue weighted by Gasteiger charge is -2.22. The van der Waals surface area contributed by atoms with Crippen molar-refractivity contribution >= 4 is 67.7 Å². The smallest absolute Gasteiger partial charge is 0.418 e. The van der Waals surface area contributed by atoms with E-state index in [1.54, 1.807) is 42.5 Å². The topological polar surface area (TPSA) is 174 Å². The summed E-state index contributed by atoms with van der Waals surface area (Å²) in [7, 11) is -4.27. The van der Waals surface area contributed by atoms with Crippen LogP contribution >= 0.6 is 11.6 Å². The van der Waals surface area contributed by atoms with Crippen LogP contribution < -0.4 is 14.8 Å². The number of aromatic nitrogens is 1. The van der Waals surface area contributed by atoms with Gasteiger partial charge in [-0.05, 0) is 55.8 Å². The number of hydrogen-bond acceptors (Lipinski definition) is 10. The highest BCUT2D eigenvalue weighted by Crippen LogP contribution is 2.31. The predicted molar refractivity (Wildman–Crippen MR) is 209 cm³/mol. The Bertz CT molecular complexity index is 2090. The predicted octanol–water partition coefficient (Wildman–Crippen LogP) is 8.92. The number of halogens is 1. The van der Waals surface area contributed by atoms with Gasteiger partial charge in [0.1, 0.15) is 5.75 Å². The van der Waals surface area contributed by atoms with Gasteiger partial charge in [-0.25, -0.2) is 18.1 Å². The summed E-state index contributed by atoms with van der Waals surface area (Å²) in [6, 6.07) is 14.5. The maximum atomic E-state index is 13.9. The number of carbonyl (C=O) groups excluding carboxylic acids is 4. The molecule has 13 nitrogen and oxygen atoms in total. The molecule has 5 rings (SSSR count). The Morgan fingerprint density at radius 1 is 0.873 bits per heavy atom. The van der Waals surface area contributed by atoms with Crippen LogP contribution in [0.4, 0.5) is 16.2 Å². The molecule has 1 fully saturated rings. The molecule has 2 unspecified atom stereocenters. The van der Waals surface area contributed by atoms with Gasteiger partial charge in [-0.3, -0.25) is 19.1 Å². The molecule has 3 aromatic carbocycles. The number of sulfonamides is 1. The number of Topliss-reactive ketones (excluding diaryl/α,β-unsaturated/α-hetero) is 1. The number of cyclic esters (lactones) is 1. The second-order valence-corrected chi connectivity index (χ2v) is 15.6. The molecule has 2 atom stereocenters. The van der Waals surface area contributed by atoms with Crippen molar-refractivity contribution in [2.75, 3.05) is 16.6 Å². The van der Waals surface area contributed by atoms with Crippen molar-refractivity contribution in [3.63, 3.8) is 0 Å². The molecule has 0 bridgehead atoms. The van der Waals surface area contributed by atoms with Crippen molar-refractivity contribution in [1.82, 2.24) is 10.1 Å². The van der Waals surface area contributed by atoms with Crippen molar-refractivity contribution in [3.05, 3.63) is 77.4 Å². The van der Waals surface area contributed by atoms with Crippen LogP contribution in [0.3, 0.4) is 0 Å². The Morgan fingerprint density at radius 3 is 2.18 bits per heavy atom. The van der Waals surface area contributed by atoms with Crippen LogP contribution in [0.1, 0.15) is 101 Å². The van der Waals surface area contributed by atoms with Gasteiger partial charge in [-0.2, -0.15) is 0 Å². The third-order valence-electron chi connectivity index (χ3n) is 9.32. The van der Waals surface area contributed by atoms with Crippen LogP contribution in [0.25, 0.3) is 11.0 Å². The van der Waals surface area contributed by atoms with Crippen molar-refractivity contribution in [3.8, 4) is 5.75 Å². The summed E-state index contributed by atoms with van der Waals surface area (Å²) in [6.45, 7) is 3.95. The maximum Gasteiger partial charge on any atom is 0.418 e. The summed E-state index contributed by atoms with van der Waals surface area (Å²) in [5.41, 5.74) is -0.0599. The average molecular weight is 795 g/mol. The van der Waals surface area contributed by atoms with Crippen molar-refractivity contribution in [1.29, 1.82) is 0 Å². The number of amides is 3. The number of anilines is 2. The van der Waals surface area contributed by atoms with E-state index in [-0.39, 0.29) is 38.0 Å². The molecule has 55 heavy (non-hydrogen) atoms. The highest BCUT2D eigenvalue weighted by atomic mass is 35.5. The second-order valence-electron chi connectivity index (χ2n) is 13.5. The molecule has 2 heterocycles. The number of hydrogen-bond donors (Lipinski definition) is 2. The molecule has 2 N–H and O–H groups in total. The van der Waals surface area contributed by atoms with Gasteiger partial charge >= 0.3 is 6.09 Å². The normalized spacial score (nSPS) is 14.9. The molecule has 4 aromatic rings. The van der Waals surface area contributed by atoms with Crippen molar-refractivity contribution in [2.45, 2.75) is 108 Å². The van der Waals surface area contributed by atoms with Gasteiger partial charge in [-0.1, -0.05) is 119 Å². The molecular formula is C40H47ClN4O9S. The number of imide groups is 1. The molecule has 0 saturated carbocycles. The van der Waals surface area contributed by atoms with E-state index in [4.69, 9.17) is 25.6 Å². The zero-order valence-corrected chi connectivity index (χ0v) is 32.6. The molecule has 15 heteroatoms. The highest BCUT2D eigenvalue weighted by molar-refractivity contribution is 7.92. The van der Waals surface area contributed by atoms with Gasteiger partial charge in [0.05, 0.1) is 33.3 Å². The van der Waals surface area contributed by atoms with E-state index >= 15 is 0 Å². The van der Waals surface area contributed by atoms with Crippen LogP contribution in [-0.4, -0.2) is 60.9 Å². The fourth-order valence-corrected chi connectivity index (χ4v) is 7.56.